The molecule has 0 aliphatic heterocycles. The average Bonchev–Trinajstić information content (AvgIpc) is 2.35. The van der Waals surface area contributed by atoms with Gasteiger partial charge < -0.3 is 10.6 Å². The molecule has 0 aromatic carbocycles. The molecule has 1 aromatic heterocycles. The van der Waals surface area contributed by atoms with Crippen LogP contribution in [0.1, 0.15) is 26.3 Å². The van der Waals surface area contributed by atoms with Gasteiger partial charge >= 0.3 is 6.18 Å². The van der Waals surface area contributed by atoms with Crippen molar-refractivity contribution in [1.82, 2.24) is 4.98 Å². The first-order chi connectivity index (χ1) is 9.36. The maximum absolute atomic E-state index is 12.8. The Morgan fingerprint density at radius 3 is 2.45 bits per heavy atom. The van der Waals surface area contributed by atoms with Gasteiger partial charge in [-0.05, 0) is 31.7 Å². The van der Waals surface area contributed by atoms with Crippen LogP contribution in [0.15, 0.2) is 12.1 Å². The highest BCUT2D eigenvalue weighted by atomic mass is 32.2. The molecule has 0 amide bonds. The van der Waals surface area contributed by atoms with E-state index in [1.807, 2.05) is 20.8 Å². The highest BCUT2D eigenvalue weighted by molar-refractivity contribution is 7.99. The summed E-state index contributed by atoms with van der Waals surface area (Å²) >= 11 is 1.73. The van der Waals surface area contributed by atoms with Crippen molar-refractivity contribution in [2.45, 2.75) is 33.0 Å². The molecule has 0 saturated heterocycles. The Balaban J connectivity index is 2.91. The van der Waals surface area contributed by atoms with E-state index in [2.05, 4.69) is 15.6 Å². The van der Waals surface area contributed by atoms with Gasteiger partial charge in [-0.2, -0.15) is 24.9 Å². The second-order valence-electron chi connectivity index (χ2n) is 4.36. The van der Waals surface area contributed by atoms with E-state index in [4.69, 9.17) is 0 Å². The molecule has 114 valence electrons. The SMILES string of the molecule is CCNc1cc(C(F)(F)F)cc(NC(C)CSCC)n1. The van der Waals surface area contributed by atoms with Crippen molar-refractivity contribution in [3.63, 3.8) is 0 Å². The van der Waals surface area contributed by atoms with Gasteiger partial charge in [0.05, 0.1) is 5.56 Å². The van der Waals surface area contributed by atoms with Gasteiger partial charge in [0.15, 0.2) is 0 Å². The Bertz CT molecular complexity index is 424. The molecule has 0 fully saturated rings. The van der Waals surface area contributed by atoms with Crippen LogP contribution in [0.25, 0.3) is 0 Å². The van der Waals surface area contributed by atoms with Crippen molar-refractivity contribution in [3.05, 3.63) is 17.7 Å². The topological polar surface area (TPSA) is 37.0 Å². The lowest BCUT2D eigenvalue weighted by Crippen LogP contribution is -2.20. The Morgan fingerprint density at radius 2 is 1.90 bits per heavy atom. The van der Waals surface area contributed by atoms with E-state index in [0.29, 0.717) is 6.54 Å². The first kappa shape index (κ1) is 16.9. The minimum absolute atomic E-state index is 0.0606. The quantitative estimate of drug-likeness (QED) is 0.795. The van der Waals surface area contributed by atoms with Crippen LogP contribution in [-0.2, 0) is 6.18 Å². The zero-order valence-electron chi connectivity index (χ0n) is 11.8. The zero-order chi connectivity index (χ0) is 15.2. The van der Waals surface area contributed by atoms with Crippen LogP contribution in [0.4, 0.5) is 24.8 Å². The maximum atomic E-state index is 12.8. The normalized spacial score (nSPS) is 13.1. The number of pyridine rings is 1. The van der Waals surface area contributed by atoms with Crippen LogP contribution in [0, 0.1) is 0 Å². The van der Waals surface area contributed by atoms with Crippen LogP contribution in [-0.4, -0.2) is 29.1 Å². The number of nitrogens with zero attached hydrogens (tertiary/aromatic N) is 1. The Kier molecular flexibility index (Phi) is 6.45. The summed E-state index contributed by atoms with van der Waals surface area (Å²) in [5, 5.41) is 5.84. The Hall–Kier alpha value is -1.11. The molecule has 2 N–H and O–H groups in total. The second-order valence-corrected chi connectivity index (χ2v) is 5.68. The lowest BCUT2D eigenvalue weighted by atomic mass is 10.2. The summed E-state index contributed by atoms with van der Waals surface area (Å²) in [6.45, 7) is 6.31. The number of hydrogen-bond acceptors (Lipinski definition) is 4. The molecular formula is C13H20F3N3S. The van der Waals surface area contributed by atoms with Crippen molar-refractivity contribution < 1.29 is 13.2 Å². The van der Waals surface area contributed by atoms with Crippen LogP contribution in [0.3, 0.4) is 0 Å². The molecule has 0 aliphatic carbocycles. The number of alkyl halides is 3. The fourth-order valence-corrected chi connectivity index (χ4v) is 2.30. The molecular weight excluding hydrogens is 287 g/mol. The van der Waals surface area contributed by atoms with E-state index in [1.165, 1.54) is 0 Å². The third-order valence-corrected chi connectivity index (χ3v) is 3.62. The van der Waals surface area contributed by atoms with Gasteiger partial charge in [0.1, 0.15) is 11.6 Å². The predicted molar refractivity (Wildman–Crippen MR) is 79.5 cm³/mol. The van der Waals surface area contributed by atoms with Gasteiger partial charge in [-0.15, -0.1) is 0 Å². The van der Waals surface area contributed by atoms with E-state index in [-0.39, 0.29) is 17.7 Å². The van der Waals surface area contributed by atoms with Gasteiger partial charge in [-0.3, -0.25) is 0 Å². The number of aromatic nitrogens is 1. The first-order valence-corrected chi connectivity index (χ1v) is 7.69. The fraction of sp³-hybridized carbons (Fsp3) is 0.615. The molecule has 0 spiro atoms. The molecule has 1 atom stereocenters. The standard InChI is InChI=1S/C13H20F3N3S/c1-4-17-11-6-10(13(14,15)16)7-12(19-11)18-9(3)8-20-5-2/h6-7,9H,4-5,8H2,1-3H3,(H2,17,18,19). The molecule has 7 heteroatoms. The van der Waals surface area contributed by atoms with Crippen LogP contribution >= 0.6 is 11.8 Å². The highest BCUT2D eigenvalue weighted by Gasteiger charge is 2.31. The maximum Gasteiger partial charge on any atom is 0.416 e. The van der Waals surface area contributed by atoms with Crippen molar-refractivity contribution >= 4 is 23.4 Å². The van der Waals surface area contributed by atoms with Gasteiger partial charge in [-0.25, -0.2) is 4.98 Å². The molecule has 0 aliphatic rings. The highest BCUT2D eigenvalue weighted by Crippen LogP contribution is 2.32. The van der Waals surface area contributed by atoms with E-state index in [0.717, 1.165) is 23.6 Å². The molecule has 1 aromatic rings. The van der Waals surface area contributed by atoms with E-state index < -0.39 is 11.7 Å². The smallest absolute Gasteiger partial charge is 0.370 e. The largest absolute Gasteiger partial charge is 0.416 e. The number of rotatable bonds is 7. The molecule has 0 radical (unpaired) electrons. The van der Waals surface area contributed by atoms with Gasteiger partial charge in [0, 0.05) is 18.3 Å². The Morgan fingerprint density at radius 1 is 1.25 bits per heavy atom. The third kappa shape index (κ3) is 5.48. The predicted octanol–water partition coefficient (Wildman–Crippen LogP) is 4.09. The number of thioether (sulfide) groups is 1. The summed E-state index contributed by atoms with van der Waals surface area (Å²) in [5.41, 5.74) is -0.693. The monoisotopic (exact) mass is 307 g/mol. The fourth-order valence-electron chi connectivity index (χ4n) is 1.63. The number of halogens is 3. The van der Waals surface area contributed by atoms with Crippen molar-refractivity contribution in [1.29, 1.82) is 0 Å². The lowest BCUT2D eigenvalue weighted by Gasteiger charge is -2.17. The number of nitrogens with one attached hydrogen (secondary N) is 2. The zero-order valence-corrected chi connectivity index (χ0v) is 12.7. The summed E-state index contributed by atoms with van der Waals surface area (Å²) < 4.78 is 38.5. The molecule has 1 unspecified atom stereocenters. The van der Waals surface area contributed by atoms with E-state index in [9.17, 15) is 13.2 Å². The van der Waals surface area contributed by atoms with Crippen molar-refractivity contribution in [2.24, 2.45) is 0 Å². The van der Waals surface area contributed by atoms with Crippen LogP contribution in [0.5, 0.6) is 0 Å². The Labute approximate surface area is 121 Å². The second kappa shape index (κ2) is 7.61. The van der Waals surface area contributed by atoms with Crippen LogP contribution < -0.4 is 10.6 Å². The van der Waals surface area contributed by atoms with Crippen LogP contribution in [0.2, 0.25) is 0 Å². The average molecular weight is 307 g/mol. The number of anilines is 2. The minimum atomic E-state index is -4.37. The summed E-state index contributed by atoms with van der Waals surface area (Å²) in [6, 6.07) is 2.14. The van der Waals surface area contributed by atoms with Gasteiger partial charge in [0.25, 0.3) is 0 Å². The molecule has 20 heavy (non-hydrogen) atoms. The third-order valence-electron chi connectivity index (χ3n) is 2.48. The molecule has 0 bridgehead atoms. The van der Waals surface area contributed by atoms with Gasteiger partial charge in [0.2, 0.25) is 0 Å². The van der Waals surface area contributed by atoms with Gasteiger partial charge in [-0.1, -0.05) is 6.92 Å². The molecule has 0 saturated carbocycles. The molecule has 1 rings (SSSR count). The summed E-state index contributed by atoms with van der Waals surface area (Å²) in [5.74, 6) is 2.29. The van der Waals surface area contributed by atoms with Crippen molar-refractivity contribution in [3.8, 4) is 0 Å². The first-order valence-electron chi connectivity index (χ1n) is 6.54. The van der Waals surface area contributed by atoms with E-state index in [1.54, 1.807) is 11.8 Å². The minimum Gasteiger partial charge on any atom is -0.370 e. The number of hydrogen-bond donors (Lipinski definition) is 2. The van der Waals surface area contributed by atoms with Crippen molar-refractivity contribution in [2.75, 3.05) is 28.7 Å². The summed E-state index contributed by atoms with van der Waals surface area (Å²) in [4.78, 5) is 4.15. The lowest BCUT2D eigenvalue weighted by molar-refractivity contribution is -0.137. The summed E-state index contributed by atoms with van der Waals surface area (Å²) in [7, 11) is 0. The summed E-state index contributed by atoms with van der Waals surface area (Å²) in [6.07, 6.45) is -4.37. The molecule has 3 nitrogen and oxygen atoms in total. The molecule has 1 heterocycles. The van der Waals surface area contributed by atoms with E-state index >= 15 is 0 Å².